The second-order valence-electron chi connectivity index (χ2n) is 7.80. The number of nitrogens with one attached hydrogen (secondary N) is 2. The average Bonchev–Trinajstić information content (AvgIpc) is 2.82. The fourth-order valence-corrected chi connectivity index (χ4v) is 5.02. The van der Waals surface area contributed by atoms with Crippen LogP contribution in [0, 0.1) is 0 Å². The first-order valence-corrected chi connectivity index (χ1v) is 11.5. The molecule has 0 aromatic heterocycles. The Hall–Kier alpha value is -3.04. The van der Waals surface area contributed by atoms with Gasteiger partial charge in [-0.2, -0.15) is 0 Å². The highest BCUT2D eigenvalue weighted by molar-refractivity contribution is 8.00. The molecule has 0 bridgehead atoms. The maximum Gasteiger partial charge on any atom is 0.408 e. The molecule has 9 heteroatoms. The molecule has 2 saturated heterocycles. The summed E-state index contributed by atoms with van der Waals surface area (Å²) in [5, 5.41) is 15.0. The number of β-lactam (4-membered cyclic amide) rings is 1. The minimum atomic E-state index is -0.901. The van der Waals surface area contributed by atoms with Crippen LogP contribution in [0.5, 0.6) is 0 Å². The van der Waals surface area contributed by atoms with Gasteiger partial charge in [0.1, 0.15) is 24.1 Å². The maximum atomic E-state index is 13.0. The second-order valence-corrected chi connectivity index (χ2v) is 8.95. The van der Waals surface area contributed by atoms with E-state index in [9.17, 15) is 19.5 Å². The lowest BCUT2D eigenvalue weighted by molar-refractivity contribution is -0.151. The predicted molar refractivity (Wildman–Crippen MR) is 120 cm³/mol. The van der Waals surface area contributed by atoms with Crippen LogP contribution in [0.25, 0.3) is 0 Å². The Balaban J connectivity index is 1.39. The van der Waals surface area contributed by atoms with Crippen molar-refractivity contribution in [2.75, 3.05) is 12.3 Å². The molecule has 2 aliphatic heterocycles. The van der Waals surface area contributed by atoms with Crippen LogP contribution in [0.15, 0.2) is 60.7 Å². The SMILES string of the molecule is O=C(N[C@@H](Cc1ccccc1)C(=O)N[C@@H]1C(=O)N2CC(O)CS[C@@H]12)OCc1ccccc1. The molecular formula is C23H25N3O5S. The Morgan fingerprint density at radius 1 is 1.09 bits per heavy atom. The van der Waals surface area contributed by atoms with Crippen molar-refractivity contribution in [2.45, 2.75) is 36.6 Å². The Kier molecular flexibility index (Phi) is 6.96. The van der Waals surface area contributed by atoms with E-state index in [2.05, 4.69) is 10.6 Å². The molecule has 2 aromatic rings. The van der Waals surface area contributed by atoms with Crippen molar-refractivity contribution in [2.24, 2.45) is 0 Å². The van der Waals surface area contributed by atoms with Crippen LogP contribution < -0.4 is 10.6 Å². The van der Waals surface area contributed by atoms with E-state index >= 15 is 0 Å². The van der Waals surface area contributed by atoms with Crippen LogP contribution in [-0.2, 0) is 27.4 Å². The van der Waals surface area contributed by atoms with E-state index in [1.807, 2.05) is 60.7 Å². The molecule has 2 aliphatic rings. The van der Waals surface area contributed by atoms with Crippen LogP contribution >= 0.6 is 11.8 Å². The minimum absolute atomic E-state index is 0.0868. The lowest BCUT2D eigenvalue weighted by Crippen LogP contribution is -2.73. The third kappa shape index (κ3) is 5.23. The third-order valence-electron chi connectivity index (χ3n) is 5.41. The Bertz CT molecular complexity index is 959. The van der Waals surface area contributed by atoms with Gasteiger partial charge in [-0.15, -0.1) is 11.8 Å². The van der Waals surface area contributed by atoms with Crippen LogP contribution in [-0.4, -0.2) is 63.8 Å². The summed E-state index contributed by atoms with van der Waals surface area (Å²) in [5.74, 6) is -0.159. The molecule has 3 N–H and O–H groups in total. The first-order valence-electron chi connectivity index (χ1n) is 10.4. The normalized spacial score (nSPS) is 22.8. The van der Waals surface area contributed by atoms with Gasteiger partial charge >= 0.3 is 6.09 Å². The smallest absolute Gasteiger partial charge is 0.408 e. The molecule has 2 aromatic carbocycles. The van der Waals surface area contributed by atoms with Crippen molar-refractivity contribution in [3.8, 4) is 0 Å². The largest absolute Gasteiger partial charge is 0.445 e. The minimum Gasteiger partial charge on any atom is -0.445 e. The summed E-state index contributed by atoms with van der Waals surface area (Å²) in [6, 6.07) is 17.0. The maximum absolute atomic E-state index is 13.0. The topological polar surface area (TPSA) is 108 Å². The van der Waals surface area contributed by atoms with E-state index in [1.54, 1.807) is 4.90 Å². The third-order valence-corrected chi connectivity index (χ3v) is 6.86. The number of hydrogen-bond acceptors (Lipinski definition) is 6. The van der Waals surface area contributed by atoms with Crippen molar-refractivity contribution in [1.29, 1.82) is 0 Å². The molecule has 4 atom stereocenters. The van der Waals surface area contributed by atoms with Gasteiger partial charge < -0.3 is 25.4 Å². The number of nitrogens with zero attached hydrogens (tertiary/aromatic N) is 1. The number of hydrogen-bond donors (Lipinski definition) is 3. The summed E-state index contributed by atoms with van der Waals surface area (Å²) in [5.41, 5.74) is 1.70. The van der Waals surface area contributed by atoms with Gasteiger partial charge in [0.15, 0.2) is 0 Å². The highest BCUT2D eigenvalue weighted by Gasteiger charge is 2.51. The van der Waals surface area contributed by atoms with Gasteiger partial charge in [-0.1, -0.05) is 60.7 Å². The molecular weight excluding hydrogens is 430 g/mol. The number of aliphatic hydroxyl groups is 1. The number of benzene rings is 2. The fraction of sp³-hybridized carbons (Fsp3) is 0.348. The second kappa shape index (κ2) is 10.1. The van der Waals surface area contributed by atoms with Gasteiger partial charge in [-0.3, -0.25) is 9.59 Å². The van der Waals surface area contributed by atoms with Crippen LogP contribution in [0.4, 0.5) is 4.79 Å². The summed E-state index contributed by atoms with van der Waals surface area (Å²) < 4.78 is 5.27. The molecule has 0 saturated carbocycles. The Morgan fingerprint density at radius 3 is 2.44 bits per heavy atom. The molecule has 0 radical (unpaired) electrons. The highest BCUT2D eigenvalue weighted by Crippen LogP contribution is 2.34. The number of ether oxygens (including phenoxy) is 1. The van der Waals surface area contributed by atoms with Crippen molar-refractivity contribution < 1.29 is 24.2 Å². The summed E-state index contributed by atoms with van der Waals surface area (Å²) >= 11 is 1.44. The number of fused-ring (bicyclic) bond motifs is 1. The zero-order valence-electron chi connectivity index (χ0n) is 17.3. The van der Waals surface area contributed by atoms with Gasteiger partial charge in [0.25, 0.3) is 0 Å². The van der Waals surface area contributed by atoms with Crippen molar-refractivity contribution in [1.82, 2.24) is 15.5 Å². The molecule has 2 fully saturated rings. The molecule has 4 rings (SSSR count). The van der Waals surface area contributed by atoms with E-state index in [0.717, 1.165) is 11.1 Å². The van der Waals surface area contributed by atoms with Gasteiger partial charge in [0, 0.05) is 18.7 Å². The number of aliphatic hydroxyl groups excluding tert-OH is 1. The number of amides is 3. The monoisotopic (exact) mass is 455 g/mol. The molecule has 3 amide bonds. The van der Waals surface area contributed by atoms with E-state index in [4.69, 9.17) is 4.74 Å². The number of carbonyl (C=O) groups is 3. The zero-order chi connectivity index (χ0) is 22.5. The fourth-order valence-electron chi connectivity index (χ4n) is 3.75. The number of carbonyl (C=O) groups excluding carboxylic acids is 3. The van der Waals surface area contributed by atoms with Crippen LogP contribution in [0.1, 0.15) is 11.1 Å². The Labute approximate surface area is 190 Å². The highest BCUT2D eigenvalue weighted by atomic mass is 32.2. The van der Waals surface area contributed by atoms with Gasteiger partial charge in [-0.25, -0.2) is 4.79 Å². The molecule has 2 heterocycles. The van der Waals surface area contributed by atoms with Gasteiger partial charge in [0.2, 0.25) is 11.8 Å². The zero-order valence-corrected chi connectivity index (χ0v) is 18.2. The van der Waals surface area contributed by atoms with Gasteiger partial charge in [0.05, 0.1) is 6.10 Å². The number of rotatable bonds is 7. The van der Waals surface area contributed by atoms with E-state index in [0.29, 0.717) is 5.75 Å². The lowest BCUT2D eigenvalue weighted by Gasteiger charge is -2.50. The first kappa shape index (κ1) is 22.2. The molecule has 0 aliphatic carbocycles. The lowest BCUT2D eigenvalue weighted by atomic mass is 10.0. The number of alkyl carbamates (subject to hydrolysis) is 1. The van der Waals surface area contributed by atoms with Gasteiger partial charge in [-0.05, 0) is 11.1 Å². The van der Waals surface area contributed by atoms with Crippen molar-refractivity contribution in [3.63, 3.8) is 0 Å². The molecule has 0 spiro atoms. The number of thioether (sulfide) groups is 1. The summed E-state index contributed by atoms with van der Waals surface area (Å²) in [4.78, 5) is 39.4. The molecule has 1 unspecified atom stereocenters. The average molecular weight is 456 g/mol. The standard InChI is InChI=1S/C23H25N3O5S/c27-17-12-26-21(29)19(22(26)32-14-17)25-20(28)18(11-15-7-3-1-4-8-15)24-23(30)31-13-16-9-5-2-6-10-16/h1-10,17-19,22,27H,11-14H2,(H,24,30)(H,25,28)/t17?,18-,19+,22-/m0/s1. The predicted octanol–water partition coefficient (Wildman–Crippen LogP) is 1.28. The Morgan fingerprint density at radius 2 is 1.75 bits per heavy atom. The van der Waals surface area contributed by atoms with Crippen molar-refractivity contribution in [3.05, 3.63) is 71.8 Å². The summed E-state index contributed by atoms with van der Waals surface area (Å²) in [7, 11) is 0. The van der Waals surface area contributed by atoms with Crippen molar-refractivity contribution >= 4 is 29.7 Å². The molecule has 8 nitrogen and oxygen atoms in total. The summed E-state index contributed by atoms with van der Waals surface area (Å²) in [6.45, 7) is 0.365. The van der Waals surface area contributed by atoms with E-state index < -0.39 is 30.2 Å². The molecule has 168 valence electrons. The van der Waals surface area contributed by atoms with E-state index in [1.165, 1.54) is 11.8 Å². The molecule has 32 heavy (non-hydrogen) atoms. The van der Waals surface area contributed by atoms with Crippen LogP contribution in [0.2, 0.25) is 0 Å². The quantitative estimate of drug-likeness (QED) is 0.543. The van der Waals surface area contributed by atoms with E-state index in [-0.39, 0.29) is 30.9 Å². The first-order chi connectivity index (χ1) is 15.5. The van der Waals surface area contributed by atoms with Crippen LogP contribution in [0.3, 0.4) is 0 Å². The summed E-state index contributed by atoms with van der Waals surface area (Å²) in [6.07, 6.45) is -1.00.